The Labute approximate surface area is 99.4 Å². The molecule has 1 heterocycles. The SMILES string of the molecule is CC1(C)CC(C(O)C2CC2(C)C)C(C)(C)O1. The van der Waals surface area contributed by atoms with Crippen molar-refractivity contribution in [1.29, 1.82) is 0 Å². The third kappa shape index (κ3) is 2.02. The minimum absolute atomic E-state index is 0.0891. The molecule has 0 radical (unpaired) electrons. The quantitative estimate of drug-likeness (QED) is 0.784. The van der Waals surface area contributed by atoms with Gasteiger partial charge in [0.2, 0.25) is 0 Å². The predicted octanol–water partition coefficient (Wildman–Crippen LogP) is 2.99. The van der Waals surface area contributed by atoms with Crippen LogP contribution in [0.3, 0.4) is 0 Å². The van der Waals surface area contributed by atoms with Gasteiger partial charge in [-0.05, 0) is 51.9 Å². The molecule has 1 aliphatic heterocycles. The van der Waals surface area contributed by atoms with Crippen molar-refractivity contribution in [3.05, 3.63) is 0 Å². The van der Waals surface area contributed by atoms with E-state index < -0.39 is 0 Å². The van der Waals surface area contributed by atoms with Gasteiger partial charge in [-0.15, -0.1) is 0 Å². The fraction of sp³-hybridized carbons (Fsp3) is 1.00. The van der Waals surface area contributed by atoms with Crippen LogP contribution in [-0.4, -0.2) is 22.4 Å². The Hall–Kier alpha value is -0.0800. The molecule has 2 fully saturated rings. The van der Waals surface area contributed by atoms with Gasteiger partial charge in [-0.2, -0.15) is 0 Å². The van der Waals surface area contributed by atoms with Crippen molar-refractivity contribution in [2.45, 2.75) is 71.7 Å². The first-order valence-electron chi connectivity index (χ1n) is 6.43. The normalized spacial score (nSPS) is 40.7. The third-order valence-electron chi connectivity index (χ3n) is 4.56. The molecule has 2 nitrogen and oxygen atoms in total. The van der Waals surface area contributed by atoms with Crippen LogP contribution in [0.15, 0.2) is 0 Å². The molecule has 1 saturated carbocycles. The molecular weight excluding hydrogens is 200 g/mol. The summed E-state index contributed by atoms with van der Waals surface area (Å²) >= 11 is 0. The molecule has 1 saturated heterocycles. The third-order valence-corrected chi connectivity index (χ3v) is 4.56. The summed E-state index contributed by atoms with van der Waals surface area (Å²) in [6.45, 7) is 13.0. The zero-order valence-electron chi connectivity index (χ0n) is 11.5. The van der Waals surface area contributed by atoms with Crippen molar-refractivity contribution in [1.82, 2.24) is 0 Å². The molecule has 0 aromatic heterocycles. The molecule has 0 amide bonds. The summed E-state index contributed by atoms with van der Waals surface area (Å²) in [7, 11) is 0. The summed E-state index contributed by atoms with van der Waals surface area (Å²) in [5.74, 6) is 0.739. The maximum Gasteiger partial charge on any atom is 0.0687 e. The average Bonchev–Trinajstić information content (AvgIpc) is 2.60. The molecule has 0 spiro atoms. The highest BCUT2D eigenvalue weighted by Crippen LogP contribution is 2.58. The second kappa shape index (κ2) is 3.23. The molecule has 3 atom stereocenters. The maximum absolute atomic E-state index is 10.5. The van der Waals surface area contributed by atoms with Gasteiger partial charge in [-0.1, -0.05) is 13.8 Å². The number of hydrogen-bond acceptors (Lipinski definition) is 2. The Morgan fingerprint density at radius 2 is 1.50 bits per heavy atom. The summed E-state index contributed by atoms with van der Waals surface area (Å²) < 4.78 is 6.06. The van der Waals surface area contributed by atoms with Crippen LogP contribution in [-0.2, 0) is 4.74 Å². The second-order valence-electron chi connectivity index (χ2n) is 7.57. The molecule has 16 heavy (non-hydrogen) atoms. The molecule has 2 aliphatic rings. The van der Waals surface area contributed by atoms with Gasteiger partial charge in [-0.3, -0.25) is 0 Å². The lowest BCUT2D eigenvalue weighted by molar-refractivity contribution is -0.0905. The number of aliphatic hydroxyl groups is 1. The Morgan fingerprint density at radius 1 is 1.00 bits per heavy atom. The van der Waals surface area contributed by atoms with Gasteiger partial charge in [0.05, 0.1) is 17.3 Å². The highest BCUT2D eigenvalue weighted by Gasteiger charge is 2.57. The van der Waals surface area contributed by atoms with E-state index in [0.29, 0.717) is 11.3 Å². The van der Waals surface area contributed by atoms with Crippen LogP contribution in [0.25, 0.3) is 0 Å². The molecule has 3 unspecified atom stereocenters. The Balaban J connectivity index is 2.10. The van der Waals surface area contributed by atoms with E-state index in [1.165, 1.54) is 0 Å². The molecule has 1 N–H and O–H groups in total. The van der Waals surface area contributed by atoms with Crippen molar-refractivity contribution in [3.8, 4) is 0 Å². The van der Waals surface area contributed by atoms with Crippen molar-refractivity contribution >= 4 is 0 Å². The standard InChI is InChI=1S/C14H26O2/c1-12(2)7-9(12)11(15)10-8-13(3,4)16-14(10,5)6/h9-11,15H,7-8H2,1-6H3. The van der Waals surface area contributed by atoms with E-state index in [0.717, 1.165) is 12.8 Å². The van der Waals surface area contributed by atoms with Crippen molar-refractivity contribution in [2.24, 2.45) is 17.3 Å². The van der Waals surface area contributed by atoms with E-state index in [1.807, 2.05) is 0 Å². The summed E-state index contributed by atoms with van der Waals surface area (Å²) in [4.78, 5) is 0. The first-order valence-corrected chi connectivity index (χ1v) is 6.43. The van der Waals surface area contributed by atoms with Gasteiger partial charge < -0.3 is 9.84 Å². The second-order valence-corrected chi connectivity index (χ2v) is 7.57. The van der Waals surface area contributed by atoms with E-state index in [9.17, 15) is 5.11 Å². The summed E-state index contributed by atoms with van der Waals surface area (Å²) in [5.41, 5.74) is 0.0536. The molecule has 2 rings (SSSR count). The van der Waals surface area contributed by atoms with E-state index >= 15 is 0 Å². The molecule has 0 aromatic rings. The number of ether oxygens (including phenoxy) is 1. The van der Waals surface area contributed by atoms with Crippen molar-refractivity contribution < 1.29 is 9.84 Å². The topological polar surface area (TPSA) is 29.5 Å². The first kappa shape index (κ1) is 12.4. The zero-order chi connectivity index (χ0) is 12.4. The summed E-state index contributed by atoms with van der Waals surface area (Å²) in [6.07, 6.45) is 1.92. The average molecular weight is 226 g/mol. The Bertz CT molecular complexity index is 291. The Kier molecular flexibility index (Phi) is 2.50. The first-order chi connectivity index (χ1) is 7.05. The van der Waals surface area contributed by atoms with E-state index in [4.69, 9.17) is 4.74 Å². The fourth-order valence-corrected chi connectivity index (χ4v) is 3.51. The molecule has 0 aromatic carbocycles. The zero-order valence-corrected chi connectivity index (χ0v) is 11.5. The fourth-order valence-electron chi connectivity index (χ4n) is 3.51. The molecular formula is C14H26O2. The van der Waals surface area contributed by atoms with Gasteiger partial charge in [-0.25, -0.2) is 0 Å². The van der Waals surface area contributed by atoms with Crippen LogP contribution in [0.4, 0.5) is 0 Å². The van der Waals surface area contributed by atoms with Gasteiger partial charge in [0, 0.05) is 5.92 Å². The van der Waals surface area contributed by atoms with Crippen LogP contribution >= 0.6 is 0 Å². The minimum atomic E-state index is -0.202. The van der Waals surface area contributed by atoms with Crippen LogP contribution in [0, 0.1) is 17.3 Å². The van der Waals surface area contributed by atoms with Gasteiger partial charge in [0.25, 0.3) is 0 Å². The van der Waals surface area contributed by atoms with Gasteiger partial charge in [0.15, 0.2) is 0 Å². The molecule has 1 aliphatic carbocycles. The van der Waals surface area contributed by atoms with E-state index in [-0.39, 0.29) is 23.2 Å². The predicted molar refractivity (Wildman–Crippen MR) is 65.2 cm³/mol. The smallest absolute Gasteiger partial charge is 0.0687 e. The number of rotatable bonds is 2. The Morgan fingerprint density at radius 3 is 1.81 bits per heavy atom. The monoisotopic (exact) mass is 226 g/mol. The summed E-state index contributed by atoms with van der Waals surface area (Å²) in [5, 5.41) is 10.5. The highest BCUT2D eigenvalue weighted by atomic mass is 16.5. The minimum Gasteiger partial charge on any atom is -0.392 e. The van der Waals surface area contributed by atoms with Crippen LogP contribution in [0.2, 0.25) is 0 Å². The van der Waals surface area contributed by atoms with Crippen LogP contribution in [0.5, 0.6) is 0 Å². The van der Waals surface area contributed by atoms with Crippen LogP contribution in [0.1, 0.15) is 54.4 Å². The number of aliphatic hydroxyl groups excluding tert-OH is 1. The van der Waals surface area contributed by atoms with Crippen LogP contribution < -0.4 is 0 Å². The molecule has 94 valence electrons. The molecule has 0 bridgehead atoms. The van der Waals surface area contributed by atoms with Gasteiger partial charge in [0.1, 0.15) is 0 Å². The largest absolute Gasteiger partial charge is 0.392 e. The lowest BCUT2D eigenvalue weighted by atomic mass is 9.80. The van der Waals surface area contributed by atoms with Crippen molar-refractivity contribution in [2.75, 3.05) is 0 Å². The van der Waals surface area contributed by atoms with Gasteiger partial charge >= 0.3 is 0 Å². The lowest BCUT2D eigenvalue weighted by Gasteiger charge is -2.31. The van der Waals surface area contributed by atoms with Crippen molar-refractivity contribution in [3.63, 3.8) is 0 Å². The lowest BCUT2D eigenvalue weighted by Crippen LogP contribution is -2.38. The highest BCUT2D eigenvalue weighted by molar-refractivity contribution is 5.06. The van der Waals surface area contributed by atoms with E-state index in [2.05, 4.69) is 41.5 Å². The molecule has 2 heteroatoms. The maximum atomic E-state index is 10.5. The van der Waals surface area contributed by atoms with E-state index in [1.54, 1.807) is 0 Å². The summed E-state index contributed by atoms with van der Waals surface area (Å²) in [6, 6.07) is 0. The number of hydrogen-bond donors (Lipinski definition) is 1.